The van der Waals surface area contributed by atoms with Crippen LogP contribution < -0.4 is 5.32 Å². The molecule has 1 atom stereocenters. The molecule has 0 spiro atoms. The van der Waals surface area contributed by atoms with Crippen LogP contribution in [0.5, 0.6) is 0 Å². The smallest absolute Gasteiger partial charge is 0.0409 e. The average molecular weight is 131 g/mol. The van der Waals surface area contributed by atoms with E-state index in [0.29, 0.717) is 0 Å². The Morgan fingerprint density at radius 3 is 3.20 bits per heavy atom. The second-order valence-electron chi connectivity index (χ2n) is 3.16. The number of benzene rings is 1. The van der Waals surface area contributed by atoms with Gasteiger partial charge in [-0.25, -0.2) is 0 Å². The standard InChI is InChI=1S/C9H9N/c1-2-6-4-7-5-10-9(6)8(7)3-1/h1-3,7,10H,4-5H2. The van der Waals surface area contributed by atoms with Gasteiger partial charge in [0.1, 0.15) is 0 Å². The molecule has 3 rings (SSSR count). The van der Waals surface area contributed by atoms with E-state index < -0.39 is 0 Å². The quantitative estimate of drug-likeness (QED) is 0.565. The van der Waals surface area contributed by atoms with E-state index in [1.54, 1.807) is 5.56 Å². The van der Waals surface area contributed by atoms with E-state index in [2.05, 4.69) is 23.5 Å². The lowest BCUT2D eigenvalue weighted by molar-refractivity contribution is 0.761. The average Bonchev–Trinajstić information content (AvgIpc) is 2.44. The third kappa shape index (κ3) is 0.376. The van der Waals surface area contributed by atoms with Crippen molar-refractivity contribution in [2.24, 2.45) is 0 Å². The van der Waals surface area contributed by atoms with Crippen LogP contribution in [0.25, 0.3) is 0 Å². The van der Waals surface area contributed by atoms with Gasteiger partial charge in [0.2, 0.25) is 0 Å². The fraction of sp³-hybridized carbons (Fsp3) is 0.333. The molecule has 1 aromatic rings. The summed E-state index contributed by atoms with van der Waals surface area (Å²) in [6, 6.07) is 6.64. The molecule has 0 radical (unpaired) electrons. The summed E-state index contributed by atoms with van der Waals surface area (Å²) in [6.07, 6.45) is 1.28. The maximum Gasteiger partial charge on any atom is 0.0409 e. The SMILES string of the molecule is c1cc2c3c(c1)C(CN3)C2. The van der Waals surface area contributed by atoms with Crippen LogP contribution in [0.2, 0.25) is 0 Å². The van der Waals surface area contributed by atoms with Crippen molar-refractivity contribution in [2.45, 2.75) is 12.3 Å². The van der Waals surface area contributed by atoms with E-state index in [1.165, 1.54) is 24.2 Å². The molecule has 0 fully saturated rings. The lowest BCUT2D eigenvalue weighted by Gasteiger charge is -2.08. The monoisotopic (exact) mass is 131 g/mol. The van der Waals surface area contributed by atoms with E-state index in [4.69, 9.17) is 0 Å². The summed E-state index contributed by atoms with van der Waals surface area (Å²) in [5.74, 6) is 0.806. The summed E-state index contributed by atoms with van der Waals surface area (Å²) in [5.41, 5.74) is 4.51. The minimum atomic E-state index is 0.806. The zero-order chi connectivity index (χ0) is 6.55. The Labute approximate surface area is 60.1 Å². The van der Waals surface area contributed by atoms with Gasteiger partial charge >= 0.3 is 0 Å². The maximum absolute atomic E-state index is 3.42. The van der Waals surface area contributed by atoms with Gasteiger partial charge in [-0.1, -0.05) is 18.2 Å². The molecule has 0 aromatic heterocycles. The third-order valence-electron chi connectivity index (χ3n) is 2.61. The molecule has 1 unspecified atom stereocenters. The van der Waals surface area contributed by atoms with E-state index in [9.17, 15) is 0 Å². The summed E-state index contributed by atoms with van der Waals surface area (Å²) in [6.45, 7) is 1.17. The Morgan fingerprint density at radius 1 is 1.40 bits per heavy atom. The first kappa shape index (κ1) is 4.78. The number of hydrogen-bond acceptors (Lipinski definition) is 1. The molecule has 1 N–H and O–H groups in total. The predicted octanol–water partition coefficient (Wildman–Crippen LogP) is 1.75. The first-order valence-corrected chi connectivity index (χ1v) is 3.81. The number of hydrogen-bond donors (Lipinski definition) is 1. The maximum atomic E-state index is 3.42. The van der Waals surface area contributed by atoms with Crippen LogP contribution in [0.15, 0.2) is 18.2 Å². The van der Waals surface area contributed by atoms with Gasteiger partial charge in [0.25, 0.3) is 0 Å². The molecule has 4 bridgehead atoms. The first-order chi connectivity index (χ1) is 4.95. The van der Waals surface area contributed by atoms with E-state index >= 15 is 0 Å². The first-order valence-electron chi connectivity index (χ1n) is 3.81. The van der Waals surface area contributed by atoms with Gasteiger partial charge in [-0.3, -0.25) is 0 Å². The molecule has 1 nitrogen and oxygen atoms in total. The van der Waals surface area contributed by atoms with Crippen molar-refractivity contribution in [2.75, 3.05) is 11.9 Å². The van der Waals surface area contributed by atoms with E-state index in [1.807, 2.05) is 0 Å². The Hall–Kier alpha value is -0.980. The van der Waals surface area contributed by atoms with Crippen LogP contribution >= 0.6 is 0 Å². The summed E-state index contributed by atoms with van der Waals surface area (Å²) in [4.78, 5) is 0. The highest BCUT2D eigenvalue weighted by Crippen LogP contribution is 2.43. The molecule has 1 aromatic carbocycles. The van der Waals surface area contributed by atoms with Gasteiger partial charge in [0, 0.05) is 18.2 Å². The number of anilines is 1. The number of rotatable bonds is 0. The molecule has 0 saturated heterocycles. The zero-order valence-electron chi connectivity index (χ0n) is 5.72. The van der Waals surface area contributed by atoms with Crippen LogP contribution in [0.4, 0.5) is 5.69 Å². The van der Waals surface area contributed by atoms with Crippen LogP contribution in [0, 0.1) is 0 Å². The normalized spacial score (nSPS) is 25.0. The summed E-state index contributed by atoms with van der Waals surface area (Å²) >= 11 is 0. The van der Waals surface area contributed by atoms with Gasteiger partial charge in [0.15, 0.2) is 0 Å². The summed E-state index contributed by atoms with van der Waals surface area (Å²) in [7, 11) is 0. The van der Waals surface area contributed by atoms with Gasteiger partial charge in [-0.2, -0.15) is 0 Å². The van der Waals surface area contributed by atoms with Crippen LogP contribution in [-0.2, 0) is 6.42 Å². The lowest BCUT2D eigenvalue weighted by Crippen LogP contribution is -2.08. The Bertz CT molecular complexity index is 291. The Morgan fingerprint density at radius 2 is 2.40 bits per heavy atom. The molecule has 1 heterocycles. The molecule has 0 saturated carbocycles. The highest BCUT2D eigenvalue weighted by atomic mass is 14.9. The highest BCUT2D eigenvalue weighted by Gasteiger charge is 2.30. The molecular weight excluding hydrogens is 122 g/mol. The fourth-order valence-corrected chi connectivity index (χ4v) is 2.13. The molecule has 10 heavy (non-hydrogen) atoms. The Balaban J connectivity index is 2.40. The Kier molecular flexibility index (Phi) is 0.652. The van der Waals surface area contributed by atoms with Gasteiger partial charge in [-0.15, -0.1) is 0 Å². The van der Waals surface area contributed by atoms with E-state index in [-0.39, 0.29) is 0 Å². The largest absolute Gasteiger partial charge is 0.384 e. The lowest BCUT2D eigenvalue weighted by atomic mass is 10.1. The van der Waals surface area contributed by atoms with Crippen LogP contribution in [-0.4, -0.2) is 6.54 Å². The van der Waals surface area contributed by atoms with Crippen molar-refractivity contribution in [3.05, 3.63) is 29.3 Å². The second-order valence-corrected chi connectivity index (χ2v) is 3.16. The minimum absolute atomic E-state index is 0.806. The van der Waals surface area contributed by atoms with Crippen LogP contribution in [0.1, 0.15) is 17.0 Å². The van der Waals surface area contributed by atoms with Crippen molar-refractivity contribution < 1.29 is 0 Å². The van der Waals surface area contributed by atoms with Crippen LogP contribution in [0.3, 0.4) is 0 Å². The number of para-hydroxylation sites is 1. The highest BCUT2D eigenvalue weighted by molar-refractivity contribution is 5.68. The molecule has 2 aliphatic rings. The van der Waals surface area contributed by atoms with Crippen molar-refractivity contribution in [1.82, 2.24) is 0 Å². The fourth-order valence-electron chi connectivity index (χ4n) is 2.13. The molecule has 1 heteroatoms. The van der Waals surface area contributed by atoms with Gasteiger partial charge in [-0.05, 0) is 17.5 Å². The summed E-state index contributed by atoms with van der Waals surface area (Å²) < 4.78 is 0. The molecule has 50 valence electrons. The molecular formula is C9H9N. The van der Waals surface area contributed by atoms with Crippen molar-refractivity contribution >= 4 is 5.69 Å². The van der Waals surface area contributed by atoms with Crippen molar-refractivity contribution in [3.63, 3.8) is 0 Å². The topological polar surface area (TPSA) is 12.0 Å². The molecule has 1 aliphatic heterocycles. The van der Waals surface area contributed by atoms with Gasteiger partial charge < -0.3 is 5.32 Å². The molecule has 1 aliphatic carbocycles. The minimum Gasteiger partial charge on any atom is -0.384 e. The third-order valence-corrected chi connectivity index (χ3v) is 2.61. The van der Waals surface area contributed by atoms with E-state index in [0.717, 1.165) is 5.92 Å². The van der Waals surface area contributed by atoms with Crippen molar-refractivity contribution in [1.29, 1.82) is 0 Å². The molecule has 0 amide bonds. The number of nitrogens with one attached hydrogen (secondary N) is 1. The summed E-state index contributed by atoms with van der Waals surface area (Å²) in [5, 5.41) is 3.42. The van der Waals surface area contributed by atoms with Gasteiger partial charge in [0.05, 0.1) is 0 Å². The zero-order valence-corrected chi connectivity index (χ0v) is 5.72. The van der Waals surface area contributed by atoms with Crippen molar-refractivity contribution in [3.8, 4) is 0 Å². The second kappa shape index (κ2) is 1.36. The predicted molar refractivity (Wildman–Crippen MR) is 41.4 cm³/mol.